The van der Waals surface area contributed by atoms with Crippen molar-refractivity contribution >= 4 is 15.7 Å². The number of halogens is 2. The molecular weight excluding hydrogens is 388 g/mol. The van der Waals surface area contributed by atoms with E-state index in [0.717, 1.165) is 12.1 Å². The second-order valence-electron chi connectivity index (χ2n) is 7.21. The summed E-state index contributed by atoms with van der Waals surface area (Å²) in [6, 6.07) is 12.1. The van der Waals surface area contributed by atoms with E-state index >= 15 is 0 Å². The van der Waals surface area contributed by atoms with Gasteiger partial charge in [-0.05, 0) is 47.4 Å². The number of benzene rings is 2. The van der Waals surface area contributed by atoms with E-state index in [9.17, 15) is 22.0 Å². The number of nitrogens with one attached hydrogen (secondary N) is 1. The number of carbonyl (C=O) groups is 1. The Kier molecular flexibility index (Phi) is 6.77. The van der Waals surface area contributed by atoms with Gasteiger partial charge in [0.2, 0.25) is 9.84 Å². The van der Waals surface area contributed by atoms with Crippen molar-refractivity contribution in [3.05, 3.63) is 59.7 Å². The van der Waals surface area contributed by atoms with E-state index < -0.39 is 26.4 Å². The molecule has 5 nitrogen and oxygen atoms in total. The molecule has 2 aromatic carbocycles. The van der Waals surface area contributed by atoms with Crippen LogP contribution in [-0.4, -0.2) is 33.2 Å². The van der Waals surface area contributed by atoms with Crippen LogP contribution in [0.25, 0.3) is 0 Å². The molecule has 0 atom stereocenters. The molecule has 0 fully saturated rings. The average Bonchev–Trinajstić information content (AvgIpc) is 2.64. The first kappa shape index (κ1) is 21.8. The summed E-state index contributed by atoms with van der Waals surface area (Å²) in [5.74, 6) is -3.27. The van der Waals surface area contributed by atoms with Gasteiger partial charge < -0.3 is 10.1 Å². The number of ether oxygens (including phenoxy) is 1. The van der Waals surface area contributed by atoms with Crippen LogP contribution >= 0.6 is 0 Å². The molecule has 2 aromatic rings. The van der Waals surface area contributed by atoms with Gasteiger partial charge in [0.15, 0.2) is 0 Å². The monoisotopic (exact) mass is 411 g/mol. The van der Waals surface area contributed by atoms with Gasteiger partial charge in [-0.1, -0.05) is 32.9 Å². The highest BCUT2D eigenvalue weighted by atomic mass is 32.2. The van der Waals surface area contributed by atoms with Crippen LogP contribution in [0.4, 0.5) is 8.78 Å². The zero-order valence-corrected chi connectivity index (χ0v) is 16.7. The molecule has 1 amide bonds. The molecule has 1 N–H and O–H groups in total. The molecule has 0 saturated heterocycles. The molecule has 0 aromatic heterocycles. The maximum atomic E-state index is 12.5. The molecule has 152 valence electrons. The Morgan fingerprint density at radius 3 is 2.11 bits per heavy atom. The summed E-state index contributed by atoms with van der Waals surface area (Å²) in [4.78, 5) is 11.5. The molecule has 28 heavy (non-hydrogen) atoms. The quantitative estimate of drug-likeness (QED) is 0.704. The van der Waals surface area contributed by atoms with Crippen molar-refractivity contribution in [1.82, 2.24) is 5.32 Å². The molecule has 0 aliphatic carbocycles. The summed E-state index contributed by atoms with van der Waals surface area (Å²) in [6.45, 7) is 6.84. The molecule has 0 unspecified atom stereocenters. The zero-order chi connectivity index (χ0) is 20.9. The summed E-state index contributed by atoms with van der Waals surface area (Å²) < 4.78 is 53.3. The second-order valence-corrected chi connectivity index (χ2v) is 9.13. The van der Waals surface area contributed by atoms with Crippen molar-refractivity contribution in [3.8, 4) is 5.75 Å². The summed E-state index contributed by atoms with van der Waals surface area (Å²) >= 11 is 0. The third-order valence-corrected chi connectivity index (χ3v) is 5.45. The number of hydrogen-bond donors (Lipinski definition) is 1. The Morgan fingerprint density at radius 1 is 1.04 bits per heavy atom. The molecule has 8 heteroatoms. The minimum atomic E-state index is -4.67. The van der Waals surface area contributed by atoms with E-state index in [1.165, 1.54) is 17.7 Å². The first-order valence-electron chi connectivity index (χ1n) is 8.65. The molecule has 0 aliphatic heterocycles. The molecule has 0 aliphatic rings. The van der Waals surface area contributed by atoms with Crippen LogP contribution in [0.3, 0.4) is 0 Å². The van der Waals surface area contributed by atoms with E-state index in [-0.39, 0.29) is 24.1 Å². The van der Waals surface area contributed by atoms with Crippen LogP contribution < -0.4 is 10.1 Å². The lowest BCUT2D eigenvalue weighted by Gasteiger charge is -2.19. The van der Waals surface area contributed by atoms with Crippen LogP contribution in [0.2, 0.25) is 0 Å². The lowest BCUT2D eigenvalue weighted by atomic mass is 9.87. The SMILES string of the molecule is CC(C)(C)c1ccc(OCCNC(=O)c2ccc(S(=O)(=O)C(F)F)cc2)cc1. The van der Waals surface area contributed by atoms with Crippen LogP contribution in [0, 0.1) is 0 Å². The highest BCUT2D eigenvalue weighted by Crippen LogP contribution is 2.24. The molecule has 2 rings (SSSR count). The van der Waals surface area contributed by atoms with Crippen molar-refractivity contribution in [2.24, 2.45) is 0 Å². The van der Waals surface area contributed by atoms with Crippen molar-refractivity contribution in [2.45, 2.75) is 36.8 Å². The van der Waals surface area contributed by atoms with Crippen LogP contribution in [-0.2, 0) is 15.3 Å². The Labute approximate surface area is 163 Å². The molecule has 0 spiro atoms. The van der Waals surface area contributed by atoms with E-state index in [1.807, 2.05) is 24.3 Å². The molecule has 0 bridgehead atoms. The number of rotatable bonds is 7. The maximum absolute atomic E-state index is 12.5. The Hall–Kier alpha value is -2.48. The minimum absolute atomic E-state index is 0.0523. The lowest BCUT2D eigenvalue weighted by molar-refractivity contribution is 0.0947. The van der Waals surface area contributed by atoms with Gasteiger partial charge in [-0.25, -0.2) is 8.42 Å². The molecule has 0 radical (unpaired) electrons. The minimum Gasteiger partial charge on any atom is -0.492 e. The van der Waals surface area contributed by atoms with Gasteiger partial charge in [-0.15, -0.1) is 0 Å². The third-order valence-electron chi connectivity index (χ3n) is 4.06. The zero-order valence-electron chi connectivity index (χ0n) is 15.9. The van der Waals surface area contributed by atoms with E-state index in [1.54, 1.807) is 0 Å². The number of hydrogen-bond acceptors (Lipinski definition) is 4. The highest BCUT2D eigenvalue weighted by Gasteiger charge is 2.26. The van der Waals surface area contributed by atoms with Gasteiger partial charge in [-0.3, -0.25) is 4.79 Å². The van der Waals surface area contributed by atoms with E-state index in [4.69, 9.17) is 4.74 Å². The molecule has 0 heterocycles. The first-order chi connectivity index (χ1) is 13.0. The number of amides is 1. The first-order valence-corrected chi connectivity index (χ1v) is 10.2. The number of carbonyl (C=O) groups excluding carboxylic acids is 1. The van der Waals surface area contributed by atoms with E-state index in [2.05, 4.69) is 26.1 Å². The van der Waals surface area contributed by atoms with Crippen molar-refractivity contribution in [3.63, 3.8) is 0 Å². The van der Waals surface area contributed by atoms with Crippen molar-refractivity contribution in [1.29, 1.82) is 0 Å². The highest BCUT2D eigenvalue weighted by molar-refractivity contribution is 7.91. The van der Waals surface area contributed by atoms with Gasteiger partial charge >= 0.3 is 5.76 Å². The lowest BCUT2D eigenvalue weighted by Crippen LogP contribution is -2.28. The third kappa shape index (κ3) is 5.51. The average molecular weight is 411 g/mol. The van der Waals surface area contributed by atoms with Gasteiger partial charge in [0.1, 0.15) is 12.4 Å². The van der Waals surface area contributed by atoms with Gasteiger partial charge in [0.25, 0.3) is 5.91 Å². The fourth-order valence-electron chi connectivity index (χ4n) is 2.39. The van der Waals surface area contributed by atoms with Crippen LogP contribution in [0.1, 0.15) is 36.7 Å². The normalized spacial score (nSPS) is 12.1. The summed E-state index contributed by atoms with van der Waals surface area (Å²) in [7, 11) is -4.67. The van der Waals surface area contributed by atoms with Crippen molar-refractivity contribution < 1.29 is 26.7 Å². The molecular formula is C20H23F2NO4S. The maximum Gasteiger partial charge on any atom is 0.341 e. The smallest absolute Gasteiger partial charge is 0.341 e. The van der Waals surface area contributed by atoms with Crippen LogP contribution in [0.5, 0.6) is 5.75 Å². The summed E-state index contributed by atoms with van der Waals surface area (Å²) in [6.07, 6.45) is 0. The van der Waals surface area contributed by atoms with Crippen LogP contribution in [0.15, 0.2) is 53.4 Å². The number of sulfone groups is 1. The molecule has 0 saturated carbocycles. The predicted molar refractivity (Wildman–Crippen MR) is 103 cm³/mol. The fraction of sp³-hybridized carbons (Fsp3) is 0.350. The van der Waals surface area contributed by atoms with Crippen molar-refractivity contribution in [2.75, 3.05) is 13.2 Å². The van der Waals surface area contributed by atoms with Gasteiger partial charge in [-0.2, -0.15) is 8.78 Å². The predicted octanol–water partition coefficient (Wildman–Crippen LogP) is 3.79. The second kappa shape index (κ2) is 8.68. The van der Waals surface area contributed by atoms with Gasteiger partial charge in [0, 0.05) is 5.56 Å². The topological polar surface area (TPSA) is 72.5 Å². The Balaban J connectivity index is 1.84. The van der Waals surface area contributed by atoms with E-state index in [0.29, 0.717) is 5.75 Å². The fourth-order valence-corrected chi connectivity index (χ4v) is 3.11. The summed E-state index contributed by atoms with van der Waals surface area (Å²) in [5.41, 5.74) is 1.41. The summed E-state index contributed by atoms with van der Waals surface area (Å²) in [5, 5.41) is 2.62. The Bertz CT molecular complexity index is 903. The number of alkyl halides is 2. The largest absolute Gasteiger partial charge is 0.492 e. The standard InChI is InChI=1S/C20H23F2NO4S/c1-20(2,3)15-6-8-16(9-7-15)27-13-12-23-18(24)14-4-10-17(11-5-14)28(25,26)19(21)22/h4-11,19H,12-13H2,1-3H3,(H,23,24). The van der Waals surface area contributed by atoms with Gasteiger partial charge in [0.05, 0.1) is 11.4 Å². The Morgan fingerprint density at radius 2 is 1.61 bits per heavy atom.